The van der Waals surface area contributed by atoms with Crippen molar-refractivity contribution in [3.63, 3.8) is 0 Å². The fraction of sp³-hybridized carbons (Fsp3) is 0.458. The number of piperidine rings is 1. The molecule has 0 amide bonds. The number of halogens is 1. The Labute approximate surface area is 194 Å². The predicted octanol–water partition coefficient (Wildman–Crippen LogP) is 4.55. The number of aromatic nitrogens is 2. The molecule has 0 radical (unpaired) electrons. The van der Waals surface area contributed by atoms with Gasteiger partial charge in [-0.05, 0) is 50.8 Å². The molecule has 170 valence electrons. The maximum atomic E-state index is 13.1. The maximum Gasteiger partial charge on any atom is 0.338 e. The molecule has 3 heterocycles. The van der Waals surface area contributed by atoms with Crippen molar-refractivity contribution in [2.75, 3.05) is 43.6 Å². The van der Waals surface area contributed by atoms with Crippen LogP contribution < -0.4 is 14.5 Å². The predicted molar refractivity (Wildman–Crippen MR) is 126 cm³/mol. The molecule has 32 heavy (non-hydrogen) atoms. The molecule has 1 fully saturated rings. The normalized spacial score (nSPS) is 18.2. The molecule has 1 unspecified atom stereocenters. The van der Waals surface area contributed by atoms with E-state index in [2.05, 4.69) is 4.90 Å². The number of ether oxygens (including phenoxy) is 2. The number of hydrogen-bond donors (Lipinski definition) is 0. The Balaban J connectivity index is 1.96. The highest BCUT2D eigenvalue weighted by atomic mass is 35.5. The number of benzene rings is 1. The molecule has 7 nitrogen and oxygen atoms in total. The van der Waals surface area contributed by atoms with Crippen molar-refractivity contribution in [1.82, 2.24) is 9.97 Å². The molecule has 2 aromatic rings. The van der Waals surface area contributed by atoms with Crippen LogP contribution in [-0.2, 0) is 9.53 Å². The zero-order chi connectivity index (χ0) is 22.8. The van der Waals surface area contributed by atoms with Crippen LogP contribution in [0, 0.1) is 0 Å². The van der Waals surface area contributed by atoms with Crippen LogP contribution in [0.15, 0.2) is 35.6 Å². The molecular formula is C24H29ClN4O3. The van der Waals surface area contributed by atoms with Gasteiger partial charge in [-0.1, -0.05) is 23.7 Å². The smallest absolute Gasteiger partial charge is 0.338 e. The third kappa shape index (κ3) is 4.26. The van der Waals surface area contributed by atoms with Crippen LogP contribution >= 0.6 is 11.6 Å². The first-order chi connectivity index (χ1) is 15.4. The van der Waals surface area contributed by atoms with E-state index in [0.29, 0.717) is 28.2 Å². The average molecular weight is 457 g/mol. The van der Waals surface area contributed by atoms with Gasteiger partial charge in [0.2, 0.25) is 11.8 Å². The Kier molecular flexibility index (Phi) is 6.55. The number of carbonyl (C=O) groups is 1. The largest absolute Gasteiger partial charge is 0.463 e. The fourth-order valence-electron chi connectivity index (χ4n) is 4.31. The van der Waals surface area contributed by atoms with Crippen LogP contribution in [0.3, 0.4) is 0 Å². The Hall–Kier alpha value is -2.80. The first-order valence-corrected chi connectivity index (χ1v) is 11.4. The van der Waals surface area contributed by atoms with Gasteiger partial charge in [-0.25, -0.2) is 4.79 Å². The molecule has 2 aliphatic rings. The molecule has 1 aromatic carbocycles. The van der Waals surface area contributed by atoms with Gasteiger partial charge >= 0.3 is 5.97 Å². The van der Waals surface area contributed by atoms with Crippen LogP contribution in [0.4, 0.5) is 11.8 Å². The lowest BCUT2D eigenvalue weighted by Gasteiger charge is -2.35. The zero-order valence-electron chi connectivity index (χ0n) is 19.0. The van der Waals surface area contributed by atoms with Crippen molar-refractivity contribution in [3.8, 4) is 5.88 Å². The van der Waals surface area contributed by atoms with Crippen LogP contribution in [0.25, 0.3) is 0 Å². The van der Waals surface area contributed by atoms with Crippen LogP contribution in [-0.4, -0.2) is 49.7 Å². The molecule has 2 aliphatic heterocycles. The van der Waals surface area contributed by atoms with Gasteiger partial charge in [0.1, 0.15) is 11.6 Å². The summed E-state index contributed by atoms with van der Waals surface area (Å²) in [6.45, 7) is 5.68. The molecule has 0 spiro atoms. The van der Waals surface area contributed by atoms with Gasteiger partial charge in [0.05, 0.1) is 23.7 Å². The fourth-order valence-corrected chi connectivity index (χ4v) is 4.44. The summed E-state index contributed by atoms with van der Waals surface area (Å²) in [5.41, 5.74) is 2.19. The Morgan fingerprint density at radius 2 is 1.88 bits per heavy atom. The van der Waals surface area contributed by atoms with Crippen molar-refractivity contribution in [3.05, 3.63) is 51.7 Å². The minimum Gasteiger partial charge on any atom is -0.463 e. The van der Waals surface area contributed by atoms with Gasteiger partial charge in [-0.15, -0.1) is 0 Å². The van der Waals surface area contributed by atoms with Crippen molar-refractivity contribution in [2.24, 2.45) is 0 Å². The van der Waals surface area contributed by atoms with E-state index in [1.165, 1.54) is 6.42 Å². The van der Waals surface area contributed by atoms with E-state index in [4.69, 9.17) is 31.0 Å². The van der Waals surface area contributed by atoms with Gasteiger partial charge in [0.25, 0.3) is 0 Å². The highest BCUT2D eigenvalue weighted by molar-refractivity contribution is 6.30. The lowest BCUT2D eigenvalue weighted by atomic mass is 9.83. The Morgan fingerprint density at radius 3 is 2.50 bits per heavy atom. The average Bonchev–Trinajstić information content (AvgIpc) is 2.78. The third-order valence-electron chi connectivity index (χ3n) is 5.84. The Bertz CT molecular complexity index is 1030. The summed E-state index contributed by atoms with van der Waals surface area (Å²) in [5.74, 6) is 1.55. The molecule has 0 N–H and O–H groups in total. The molecular weight excluding hydrogens is 428 g/mol. The van der Waals surface area contributed by atoms with Crippen molar-refractivity contribution in [2.45, 2.75) is 39.0 Å². The first kappa shape index (κ1) is 22.4. The summed E-state index contributed by atoms with van der Waals surface area (Å²) in [7, 11) is 3.82. The van der Waals surface area contributed by atoms with Crippen molar-refractivity contribution < 1.29 is 14.3 Å². The third-order valence-corrected chi connectivity index (χ3v) is 6.09. The quantitative estimate of drug-likeness (QED) is 0.611. The summed E-state index contributed by atoms with van der Waals surface area (Å²) in [6.07, 6.45) is 3.40. The van der Waals surface area contributed by atoms with Gasteiger partial charge in [-0.2, -0.15) is 9.97 Å². The molecule has 1 atom stereocenters. The van der Waals surface area contributed by atoms with Gasteiger partial charge in [0.15, 0.2) is 0 Å². The van der Waals surface area contributed by atoms with Gasteiger partial charge in [0, 0.05) is 32.2 Å². The second-order valence-corrected chi connectivity index (χ2v) is 8.72. The number of hydrogen-bond acceptors (Lipinski definition) is 7. The number of fused-ring (bicyclic) bond motifs is 1. The number of allylic oxidation sites excluding steroid dienone is 1. The van der Waals surface area contributed by atoms with E-state index in [-0.39, 0.29) is 6.61 Å². The van der Waals surface area contributed by atoms with Crippen LogP contribution in [0.2, 0.25) is 5.02 Å². The summed E-state index contributed by atoms with van der Waals surface area (Å²) >= 11 is 6.17. The molecule has 8 heteroatoms. The number of nitrogens with zero attached hydrogens (tertiary/aromatic N) is 4. The van der Waals surface area contributed by atoms with Gasteiger partial charge < -0.3 is 19.3 Å². The number of esters is 1. The summed E-state index contributed by atoms with van der Waals surface area (Å²) in [4.78, 5) is 26.9. The summed E-state index contributed by atoms with van der Waals surface area (Å²) in [6, 6.07) is 7.54. The van der Waals surface area contributed by atoms with E-state index >= 15 is 0 Å². The van der Waals surface area contributed by atoms with Crippen LogP contribution in [0.1, 0.15) is 50.2 Å². The number of rotatable bonds is 5. The summed E-state index contributed by atoms with van der Waals surface area (Å²) < 4.78 is 11.6. The molecule has 1 saturated heterocycles. The van der Waals surface area contributed by atoms with Crippen molar-refractivity contribution >= 4 is 29.3 Å². The second-order valence-electron chi connectivity index (χ2n) is 8.29. The van der Waals surface area contributed by atoms with E-state index in [0.717, 1.165) is 42.9 Å². The topological polar surface area (TPSA) is 67.8 Å². The van der Waals surface area contributed by atoms with Crippen LogP contribution in [0.5, 0.6) is 5.88 Å². The second kappa shape index (κ2) is 9.36. The van der Waals surface area contributed by atoms with E-state index in [1.807, 2.05) is 43.3 Å². The lowest BCUT2D eigenvalue weighted by Crippen LogP contribution is -2.34. The Morgan fingerprint density at radius 1 is 1.19 bits per heavy atom. The summed E-state index contributed by atoms with van der Waals surface area (Å²) in [5, 5.41) is 0.634. The highest BCUT2D eigenvalue weighted by Gasteiger charge is 2.39. The minimum atomic E-state index is -0.414. The lowest BCUT2D eigenvalue weighted by molar-refractivity contribution is -0.139. The van der Waals surface area contributed by atoms with Gasteiger partial charge in [-0.3, -0.25) is 0 Å². The number of carbonyl (C=O) groups excluding carboxylic acids is 1. The standard InChI is InChI=1S/C24H29ClN4O3/c1-5-31-23(30)18-15(2)32-22-20(19(18)16-9-11-17(25)12-10-16)21(26-24(27-22)28(3)4)29-13-7-6-8-14-29/h9-12,19H,5-8,13-14H2,1-4H3. The number of anilines is 2. The molecule has 4 rings (SSSR count). The first-order valence-electron chi connectivity index (χ1n) is 11.1. The SMILES string of the molecule is CCOC(=O)C1=C(C)Oc2nc(N(C)C)nc(N3CCCCC3)c2C1c1ccc(Cl)cc1. The highest BCUT2D eigenvalue weighted by Crippen LogP contribution is 2.47. The zero-order valence-corrected chi connectivity index (χ0v) is 19.8. The van der Waals surface area contributed by atoms with E-state index in [9.17, 15) is 4.79 Å². The molecule has 0 saturated carbocycles. The molecule has 1 aromatic heterocycles. The van der Waals surface area contributed by atoms with E-state index < -0.39 is 11.9 Å². The van der Waals surface area contributed by atoms with E-state index in [1.54, 1.807) is 13.8 Å². The van der Waals surface area contributed by atoms with Crippen molar-refractivity contribution in [1.29, 1.82) is 0 Å². The minimum absolute atomic E-state index is 0.283. The molecule has 0 bridgehead atoms. The monoisotopic (exact) mass is 456 g/mol. The maximum absolute atomic E-state index is 13.1. The molecule has 0 aliphatic carbocycles.